The van der Waals surface area contributed by atoms with E-state index in [4.69, 9.17) is 4.74 Å². The fraction of sp³-hybridized carbons (Fsp3) is 0.200. The van der Waals surface area contributed by atoms with Gasteiger partial charge in [0.1, 0.15) is 0 Å². The molecule has 1 N–H and O–H groups in total. The molecule has 2 rings (SSSR count). The van der Waals surface area contributed by atoms with Crippen molar-refractivity contribution >= 4 is 0 Å². The van der Waals surface area contributed by atoms with Crippen LogP contribution in [-0.2, 0) is 6.54 Å². The van der Waals surface area contributed by atoms with Gasteiger partial charge in [0, 0.05) is 12.1 Å². The molecule has 0 saturated heterocycles. The number of rotatable bonds is 4. The predicted molar refractivity (Wildman–Crippen MR) is 71.2 cm³/mol. The third kappa shape index (κ3) is 2.51. The lowest BCUT2D eigenvalue weighted by Crippen LogP contribution is -2.04. The Hall–Kier alpha value is -1.87. The molecule has 0 aromatic heterocycles. The highest BCUT2D eigenvalue weighted by Crippen LogP contribution is 2.28. The number of hydrogen-bond acceptors (Lipinski definition) is 2. The molecule has 2 aromatic rings. The summed E-state index contributed by atoms with van der Waals surface area (Å²) in [4.78, 5) is 0. The molecule has 0 radical (unpaired) electrons. The standard InChI is InChI=1S/C15H16FNO/c1-17-10-11-6-8-12(9-7-11)13-4-3-5-14(18-2)15(13)16/h3-9,17H,10H2,1-2H3. The fourth-order valence-corrected chi connectivity index (χ4v) is 1.90. The largest absolute Gasteiger partial charge is 0.494 e. The van der Waals surface area contributed by atoms with Crippen molar-refractivity contribution in [3.8, 4) is 16.9 Å². The van der Waals surface area contributed by atoms with Crippen LogP contribution in [0.1, 0.15) is 5.56 Å². The van der Waals surface area contributed by atoms with Crippen LogP contribution >= 0.6 is 0 Å². The molecule has 0 aliphatic carbocycles. The summed E-state index contributed by atoms with van der Waals surface area (Å²) in [6.07, 6.45) is 0. The number of benzene rings is 2. The minimum absolute atomic E-state index is 0.270. The molecule has 0 bridgehead atoms. The molecule has 2 nitrogen and oxygen atoms in total. The molecule has 0 saturated carbocycles. The maximum Gasteiger partial charge on any atom is 0.172 e. The van der Waals surface area contributed by atoms with Gasteiger partial charge in [0.05, 0.1) is 7.11 Å². The van der Waals surface area contributed by atoms with E-state index >= 15 is 0 Å². The molecule has 0 unspecified atom stereocenters. The first-order valence-corrected chi connectivity index (χ1v) is 5.82. The minimum atomic E-state index is -0.318. The average molecular weight is 245 g/mol. The topological polar surface area (TPSA) is 21.3 Å². The van der Waals surface area contributed by atoms with Gasteiger partial charge in [0.2, 0.25) is 0 Å². The Morgan fingerprint density at radius 1 is 1.11 bits per heavy atom. The van der Waals surface area contributed by atoms with Crippen LogP contribution < -0.4 is 10.1 Å². The Kier molecular flexibility index (Phi) is 3.95. The van der Waals surface area contributed by atoms with Crippen molar-refractivity contribution in [1.82, 2.24) is 5.32 Å². The van der Waals surface area contributed by atoms with Gasteiger partial charge in [-0.2, -0.15) is 0 Å². The number of methoxy groups -OCH3 is 1. The van der Waals surface area contributed by atoms with Crippen LogP contribution in [0.2, 0.25) is 0 Å². The summed E-state index contributed by atoms with van der Waals surface area (Å²) in [6, 6.07) is 13.0. The molecule has 3 heteroatoms. The van der Waals surface area contributed by atoms with Crippen LogP contribution in [-0.4, -0.2) is 14.2 Å². The first-order chi connectivity index (χ1) is 8.76. The lowest BCUT2D eigenvalue weighted by atomic mass is 10.0. The molecule has 0 atom stereocenters. The number of halogens is 1. The van der Waals surface area contributed by atoms with Crippen LogP contribution in [0.25, 0.3) is 11.1 Å². The first kappa shape index (κ1) is 12.6. The summed E-state index contributed by atoms with van der Waals surface area (Å²) in [7, 11) is 3.37. The average Bonchev–Trinajstić information content (AvgIpc) is 2.41. The molecule has 0 aliphatic heterocycles. The molecule has 0 aliphatic rings. The summed E-state index contributed by atoms with van der Waals surface area (Å²) in [5, 5.41) is 3.08. The van der Waals surface area contributed by atoms with Gasteiger partial charge in [-0.05, 0) is 24.2 Å². The van der Waals surface area contributed by atoms with Crippen molar-refractivity contribution in [2.24, 2.45) is 0 Å². The van der Waals surface area contributed by atoms with Gasteiger partial charge in [-0.15, -0.1) is 0 Å². The van der Waals surface area contributed by atoms with Gasteiger partial charge in [-0.25, -0.2) is 4.39 Å². The molecular weight excluding hydrogens is 229 g/mol. The summed E-state index contributed by atoms with van der Waals surface area (Å²) in [6.45, 7) is 0.806. The number of hydrogen-bond donors (Lipinski definition) is 1. The summed E-state index contributed by atoms with van der Waals surface area (Å²) >= 11 is 0. The van der Waals surface area contributed by atoms with Crippen molar-refractivity contribution in [2.75, 3.05) is 14.2 Å². The second kappa shape index (κ2) is 5.65. The Morgan fingerprint density at radius 3 is 2.44 bits per heavy atom. The van der Waals surface area contributed by atoms with Crippen LogP contribution in [0, 0.1) is 5.82 Å². The third-order valence-corrected chi connectivity index (χ3v) is 2.83. The molecule has 0 fully saturated rings. The maximum atomic E-state index is 14.1. The number of ether oxygens (including phenoxy) is 1. The molecule has 18 heavy (non-hydrogen) atoms. The fourth-order valence-electron chi connectivity index (χ4n) is 1.90. The highest BCUT2D eigenvalue weighted by Gasteiger charge is 2.09. The van der Waals surface area contributed by atoms with E-state index in [0.29, 0.717) is 5.56 Å². The molecule has 0 spiro atoms. The normalized spacial score (nSPS) is 10.4. The van der Waals surface area contributed by atoms with Crippen molar-refractivity contribution in [2.45, 2.75) is 6.54 Å². The highest BCUT2D eigenvalue weighted by atomic mass is 19.1. The lowest BCUT2D eigenvalue weighted by Gasteiger charge is -2.08. The zero-order valence-corrected chi connectivity index (χ0v) is 10.5. The van der Waals surface area contributed by atoms with E-state index in [9.17, 15) is 4.39 Å². The Morgan fingerprint density at radius 2 is 1.83 bits per heavy atom. The maximum absolute atomic E-state index is 14.1. The summed E-state index contributed by atoms with van der Waals surface area (Å²) in [5.41, 5.74) is 2.58. The monoisotopic (exact) mass is 245 g/mol. The molecule has 2 aromatic carbocycles. The van der Waals surface area contributed by atoms with E-state index < -0.39 is 0 Å². The molecule has 94 valence electrons. The molecule has 0 heterocycles. The van der Waals surface area contributed by atoms with Crippen molar-refractivity contribution in [3.05, 3.63) is 53.8 Å². The van der Waals surface area contributed by atoms with Gasteiger partial charge >= 0.3 is 0 Å². The van der Waals surface area contributed by atoms with Gasteiger partial charge in [0.25, 0.3) is 0 Å². The van der Waals surface area contributed by atoms with Crippen LogP contribution in [0.4, 0.5) is 4.39 Å². The van der Waals surface area contributed by atoms with Crippen LogP contribution in [0.5, 0.6) is 5.75 Å². The molecular formula is C15H16FNO. The van der Waals surface area contributed by atoms with Crippen molar-refractivity contribution < 1.29 is 9.13 Å². The zero-order chi connectivity index (χ0) is 13.0. The second-order valence-corrected chi connectivity index (χ2v) is 4.05. The minimum Gasteiger partial charge on any atom is -0.494 e. The van der Waals surface area contributed by atoms with Gasteiger partial charge in [-0.3, -0.25) is 0 Å². The zero-order valence-electron chi connectivity index (χ0n) is 10.5. The Labute approximate surface area is 106 Å². The lowest BCUT2D eigenvalue weighted by molar-refractivity contribution is 0.387. The smallest absolute Gasteiger partial charge is 0.172 e. The third-order valence-electron chi connectivity index (χ3n) is 2.83. The first-order valence-electron chi connectivity index (χ1n) is 5.82. The van der Waals surface area contributed by atoms with Crippen LogP contribution in [0.3, 0.4) is 0 Å². The van der Waals surface area contributed by atoms with Gasteiger partial charge < -0.3 is 10.1 Å². The number of nitrogens with one attached hydrogen (secondary N) is 1. The van der Waals surface area contributed by atoms with E-state index in [1.807, 2.05) is 31.3 Å². The predicted octanol–water partition coefficient (Wildman–Crippen LogP) is 3.22. The van der Waals surface area contributed by atoms with E-state index in [-0.39, 0.29) is 11.6 Å². The SMILES string of the molecule is CNCc1ccc(-c2cccc(OC)c2F)cc1. The Bertz CT molecular complexity index is 523. The quantitative estimate of drug-likeness (QED) is 0.893. The van der Waals surface area contributed by atoms with Crippen molar-refractivity contribution in [1.29, 1.82) is 0 Å². The van der Waals surface area contributed by atoms with Crippen LogP contribution in [0.15, 0.2) is 42.5 Å². The summed E-state index contributed by atoms with van der Waals surface area (Å²) < 4.78 is 19.1. The van der Waals surface area contributed by atoms with E-state index in [1.165, 1.54) is 12.7 Å². The van der Waals surface area contributed by atoms with Crippen molar-refractivity contribution in [3.63, 3.8) is 0 Å². The second-order valence-electron chi connectivity index (χ2n) is 4.05. The van der Waals surface area contributed by atoms with E-state index in [0.717, 1.165) is 12.1 Å². The van der Waals surface area contributed by atoms with E-state index in [1.54, 1.807) is 18.2 Å². The molecule has 0 amide bonds. The summed E-state index contributed by atoms with van der Waals surface area (Å²) in [5.74, 6) is -0.0480. The van der Waals surface area contributed by atoms with Gasteiger partial charge in [-0.1, -0.05) is 36.4 Å². The Balaban J connectivity index is 2.36. The highest BCUT2D eigenvalue weighted by molar-refractivity contribution is 5.66. The van der Waals surface area contributed by atoms with Gasteiger partial charge in [0.15, 0.2) is 11.6 Å². The van der Waals surface area contributed by atoms with E-state index in [2.05, 4.69) is 5.32 Å².